The Morgan fingerprint density at radius 1 is 1.00 bits per heavy atom. The zero-order chi connectivity index (χ0) is 13.0. The molecule has 0 fully saturated rings. The van der Waals surface area contributed by atoms with Crippen LogP contribution < -0.4 is 0 Å². The fraction of sp³-hybridized carbons (Fsp3) is 0.133. The summed E-state index contributed by atoms with van der Waals surface area (Å²) < 4.78 is 0. The van der Waals surface area contributed by atoms with E-state index in [-0.39, 0.29) is 5.78 Å². The number of carbonyl (C=O) groups excluding carboxylic acids is 1. The molecule has 0 spiro atoms. The Balaban J connectivity index is 2.23. The number of benzene rings is 2. The molecule has 2 aromatic carbocycles. The summed E-state index contributed by atoms with van der Waals surface area (Å²) in [6, 6.07) is 17.3. The molecule has 3 heteroatoms. The SMILES string of the molecule is CSC(O)C(=O)c1ccc(-c2ccccc2)cc1. The van der Waals surface area contributed by atoms with Crippen molar-refractivity contribution in [3.63, 3.8) is 0 Å². The van der Waals surface area contributed by atoms with Crippen molar-refractivity contribution in [1.82, 2.24) is 0 Å². The number of aliphatic hydroxyl groups is 1. The van der Waals surface area contributed by atoms with Crippen molar-refractivity contribution < 1.29 is 9.90 Å². The van der Waals surface area contributed by atoms with Crippen LogP contribution in [0.4, 0.5) is 0 Å². The molecular formula is C15H14O2S. The van der Waals surface area contributed by atoms with Crippen LogP contribution in [0.2, 0.25) is 0 Å². The number of Topliss-reactive ketones (excluding diaryl/α,β-unsaturated/α-hetero) is 1. The van der Waals surface area contributed by atoms with Crippen LogP contribution in [-0.4, -0.2) is 22.6 Å². The minimum atomic E-state index is -0.979. The van der Waals surface area contributed by atoms with Crippen molar-refractivity contribution in [1.29, 1.82) is 0 Å². The Morgan fingerprint density at radius 2 is 1.56 bits per heavy atom. The van der Waals surface area contributed by atoms with Gasteiger partial charge in [-0.1, -0.05) is 54.6 Å². The maximum absolute atomic E-state index is 11.8. The van der Waals surface area contributed by atoms with Gasteiger partial charge in [0.1, 0.15) is 0 Å². The minimum absolute atomic E-state index is 0.248. The molecule has 0 aliphatic rings. The van der Waals surface area contributed by atoms with Crippen molar-refractivity contribution in [3.05, 3.63) is 60.2 Å². The number of carbonyl (C=O) groups is 1. The second-order valence-corrected chi connectivity index (χ2v) is 4.81. The molecule has 2 nitrogen and oxygen atoms in total. The standard InChI is InChI=1S/C15H14O2S/c1-18-15(17)14(16)13-9-7-12(8-10-13)11-5-3-2-4-6-11/h2-10,15,17H,1H3. The van der Waals surface area contributed by atoms with Gasteiger partial charge in [-0.25, -0.2) is 0 Å². The molecule has 0 amide bonds. The van der Waals surface area contributed by atoms with E-state index in [4.69, 9.17) is 0 Å². The van der Waals surface area contributed by atoms with E-state index in [1.54, 1.807) is 18.4 Å². The van der Waals surface area contributed by atoms with Crippen LogP contribution in [0.1, 0.15) is 10.4 Å². The van der Waals surface area contributed by atoms with Gasteiger partial charge in [0.2, 0.25) is 5.78 Å². The van der Waals surface area contributed by atoms with Gasteiger partial charge in [-0.15, -0.1) is 11.8 Å². The second-order valence-electron chi connectivity index (χ2n) is 3.90. The summed E-state index contributed by atoms with van der Waals surface area (Å²) in [4.78, 5) is 11.8. The van der Waals surface area contributed by atoms with Gasteiger partial charge in [0.15, 0.2) is 5.44 Å². The maximum atomic E-state index is 11.8. The van der Waals surface area contributed by atoms with E-state index < -0.39 is 5.44 Å². The molecule has 0 saturated carbocycles. The molecule has 0 heterocycles. The number of hydrogen-bond acceptors (Lipinski definition) is 3. The first-order chi connectivity index (χ1) is 8.72. The van der Waals surface area contributed by atoms with Crippen molar-refractivity contribution in [2.75, 3.05) is 6.26 Å². The molecule has 2 aromatic rings. The topological polar surface area (TPSA) is 37.3 Å². The number of thioether (sulfide) groups is 1. The van der Waals surface area contributed by atoms with Gasteiger partial charge in [0, 0.05) is 5.56 Å². The first-order valence-electron chi connectivity index (χ1n) is 5.63. The zero-order valence-electron chi connectivity index (χ0n) is 10.0. The van der Waals surface area contributed by atoms with E-state index in [1.165, 1.54) is 0 Å². The lowest BCUT2D eigenvalue weighted by molar-refractivity contribution is 0.0869. The van der Waals surface area contributed by atoms with Gasteiger partial charge in [-0.05, 0) is 17.4 Å². The summed E-state index contributed by atoms with van der Waals surface area (Å²) in [5, 5.41) is 9.48. The molecule has 0 aromatic heterocycles. The van der Waals surface area contributed by atoms with E-state index >= 15 is 0 Å². The van der Waals surface area contributed by atoms with Crippen molar-refractivity contribution in [2.45, 2.75) is 5.44 Å². The highest BCUT2D eigenvalue weighted by Gasteiger charge is 2.15. The summed E-state index contributed by atoms with van der Waals surface area (Å²) in [5.74, 6) is -0.248. The van der Waals surface area contributed by atoms with Crippen LogP contribution in [0.5, 0.6) is 0 Å². The molecule has 92 valence electrons. The molecular weight excluding hydrogens is 244 g/mol. The number of rotatable bonds is 4. The van der Waals surface area contributed by atoms with Crippen molar-refractivity contribution >= 4 is 17.5 Å². The Labute approximate surface area is 111 Å². The van der Waals surface area contributed by atoms with Crippen LogP contribution >= 0.6 is 11.8 Å². The molecule has 0 aliphatic heterocycles. The summed E-state index contributed by atoms with van der Waals surface area (Å²) in [7, 11) is 0. The first-order valence-corrected chi connectivity index (χ1v) is 6.91. The monoisotopic (exact) mass is 258 g/mol. The fourth-order valence-electron chi connectivity index (χ4n) is 1.71. The Hall–Kier alpha value is -1.58. The largest absolute Gasteiger partial charge is 0.374 e. The first kappa shape index (κ1) is 12.9. The van der Waals surface area contributed by atoms with E-state index in [1.807, 2.05) is 42.5 Å². The highest BCUT2D eigenvalue weighted by molar-refractivity contribution is 7.99. The predicted octanol–water partition coefficient (Wildman–Crippen LogP) is 3.22. The van der Waals surface area contributed by atoms with Crippen LogP contribution in [0, 0.1) is 0 Å². The number of hydrogen-bond donors (Lipinski definition) is 1. The average Bonchev–Trinajstić information content (AvgIpc) is 2.47. The Kier molecular flexibility index (Phi) is 4.18. The molecule has 1 unspecified atom stereocenters. The van der Waals surface area contributed by atoms with Crippen LogP contribution in [0.25, 0.3) is 11.1 Å². The van der Waals surface area contributed by atoms with Gasteiger partial charge in [-0.3, -0.25) is 4.79 Å². The van der Waals surface area contributed by atoms with E-state index in [9.17, 15) is 9.90 Å². The molecule has 0 aliphatic carbocycles. The van der Waals surface area contributed by atoms with Crippen LogP contribution in [0.3, 0.4) is 0 Å². The third kappa shape index (κ3) is 2.81. The molecule has 2 rings (SSSR count). The smallest absolute Gasteiger partial charge is 0.201 e. The normalized spacial score (nSPS) is 12.1. The van der Waals surface area contributed by atoms with E-state index in [0.29, 0.717) is 5.56 Å². The minimum Gasteiger partial charge on any atom is -0.374 e. The van der Waals surface area contributed by atoms with Crippen molar-refractivity contribution in [3.8, 4) is 11.1 Å². The van der Waals surface area contributed by atoms with Gasteiger partial charge >= 0.3 is 0 Å². The Morgan fingerprint density at radius 3 is 2.11 bits per heavy atom. The summed E-state index contributed by atoms with van der Waals surface area (Å²) in [5.41, 5.74) is 1.73. The summed E-state index contributed by atoms with van der Waals surface area (Å²) in [6.07, 6.45) is 1.71. The molecule has 1 atom stereocenters. The molecule has 0 bridgehead atoms. The lowest BCUT2D eigenvalue weighted by Crippen LogP contribution is -2.15. The van der Waals surface area contributed by atoms with E-state index in [0.717, 1.165) is 22.9 Å². The molecule has 0 radical (unpaired) electrons. The van der Waals surface area contributed by atoms with Gasteiger partial charge in [0.05, 0.1) is 0 Å². The van der Waals surface area contributed by atoms with Gasteiger partial charge in [0.25, 0.3) is 0 Å². The number of ketones is 1. The zero-order valence-corrected chi connectivity index (χ0v) is 10.9. The average molecular weight is 258 g/mol. The Bertz CT molecular complexity index is 520. The molecule has 1 N–H and O–H groups in total. The van der Waals surface area contributed by atoms with E-state index in [2.05, 4.69) is 0 Å². The summed E-state index contributed by atoms with van der Waals surface area (Å²) in [6.45, 7) is 0. The highest BCUT2D eigenvalue weighted by atomic mass is 32.2. The van der Waals surface area contributed by atoms with Crippen LogP contribution in [0.15, 0.2) is 54.6 Å². The predicted molar refractivity (Wildman–Crippen MR) is 75.7 cm³/mol. The maximum Gasteiger partial charge on any atom is 0.201 e. The third-order valence-electron chi connectivity index (χ3n) is 2.72. The number of aliphatic hydroxyl groups excluding tert-OH is 1. The fourth-order valence-corrected chi connectivity index (χ4v) is 2.06. The lowest BCUT2D eigenvalue weighted by Gasteiger charge is -2.07. The second kappa shape index (κ2) is 5.85. The van der Waals surface area contributed by atoms with Crippen molar-refractivity contribution in [2.24, 2.45) is 0 Å². The third-order valence-corrected chi connectivity index (χ3v) is 3.38. The lowest BCUT2D eigenvalue weighted by atomic mass is 10.0. The summed E-state index contributed by atoms with van der Waals surface area (Å²) >= 11 is 1.13. The van der Waals surface area contributed by atoms with Gasteiger partial charge < -0.3 is 5.11 Å². The quantitative estimate of drug-likeness (QED) is 0.676. The van der Waals surface area contributed by atoms with Gasteiger partial charge in [-0.2, -0.15) is 0 Å². The molecule has 18 heavy (non-hydrogen) atoms. The van der Waals surface area contributed by atoms with Crippen LogP contribution in [-0.2, 0) is 0 Å². The molecule has 0 saturated heterocycles. The highest BCUT2D eigenvalue weighted by Crippen LogP contribution is 2.20.